The minimum atomic E-state index is -0.497. The molecule has 0 radical (unpaired) electrons. The van der Waals surface area contributed by atoms with Gasteiger partial charge in [0.2, 0.25) is 0 Å². The molecule has 6 heteroatoms. The molecule has 1 amide bonds. The Balaban J connectivity index is 2.14. The number of carbonyl (C=O) groups excluding carboxylic acids is 1. The number of rotatable bonds is 6. The van der Waals surface area contributed by atoms with Gasteiger partial charge in [-0.25, -0.2) is 0 Å². The van der Waals surface area contributed by atoms with Crippen molar-refractivity contribution in [2.24, 2.45) is 0 Å². The van der Waals surface area contributed by atoms with E-state index in [-0.39, 0.29) is 5.57 Å². The maximum Gasteiger partial charge on any atom is 0.267 e. The summed E-state index contributed by atoms with van der Waals surface area (Å²) in [4.78, 5) is 12.1. The number of benzene rings is 2. The van der Waals surface area contributed by atoms with Crippen molar-refractivity contribution in [3.8, 4) is 17.6 Å². The van der Waals surface area contributed by atoms with Gasteiger partial charge in [0.15, 0.2) is 0 Å². The number of nitrogens with one attached hydrogen (secondary N) is 2. The van der Waals surface area contributed by atoms with Crippen LogP contribution in [0.2, 0.25) is 0 Å². The molecule has 2 N–H and O–H groups in total. The topological polar surface area (TPSA) is 83.4 Å². The lowest BCUT2D eigenvalue weighted by Crippen LogP contribution is -2.14. The first-order chi connectivity index (χ1) is 11.7. The first kappa shape index (κ1) is 16.9. The van der Waals surface area contributed by atoms with E-state index in [0.717, 1.165) is 0 Å². The molecular weight excluding hydrogens is 306 g/mol. The number of anilines is 2. The fourth-order valence-corrected chi connectivity index (χ4v) is 1.94. The van der Waals surface area contributed by atoms with E-state index in [1.165, 1.54) is 13.3 Å². The van der Waals surface area contributed by atoms with Crippen LogP contribution < -0.4 is 20.1 Å². The van der Waals surface area contributed by atoms with Crippen LogP contribution in [0, 0.1) is 11.3 Å². The quantitative estimate of drug-likeness (QED) is 0.630. The number of amides is 1. The number of nitriles is 1. The van der Waals surface area contributed by atoms with Crippen molar-refractivity contribution >= 4 is 17.3 Å². The van der Waals surface area contributed by atoms with Crippen molar-refractivity contribution in [1.29, 1.82) is 5.26 Å². The fourth-order valence-electron chi connectivity index (χ4n) is 1.94. The predicted octanol–water partition coefficient (Wildman–Crippen LogP) is 3.16. The molecule has 0 heterocycles. The lowest BCUT2D eigenvalue weighted by Gasteiger charge is -2.10. The molecule has 2 rings (SSSR count). The van der Waals surface area contributed by atoms with E-state index in [0.29, 0.717) is 22.9 Å². The van der Waals surface area contributed by atoms with Crippen molar-refractivity contribution < 1.29 is 14.3 Å². The molecule has 0 unspecified atom stereocenters. The van der Waals surface area contributed by atoms with Gasteiger partial charge in [0, 0.05) is 18.0 Å². The zero-order valence-electron chi connectivity index (χ0n) is 13.4. The molecular formula is C18H17N3O3. The smallest absolute Gasteiger partial charge is 0.267 e. The summed E-state index contributed by atoms with van der Waals surface area (Å²) in [5, 5.41) is 14.8. The molecule has 0 spiro atoms. The third-order valence-corrected chi connectivity index (χ3v) is 3.18. The highest BCUT2D eigenvalue weighted by Gasteiger charge is 2.10. The van der Waals surface area contributed by atoms with Crippen LogP contribution in [0.15, 0.2) is 60.3 Å². The van der Waals surface area contributed by atoms with Gasteiger partial charge in [-0.2, -0.15) is 5.26 Å². The molecule has 6 nitrogen and oxygen atoms in total. The molecule has 0 saturated carbocycles. The molecule has 0 bridgehead atoms. The van der Waals surface area contributed by atoms with Crippen LogP contribution in [0.4, 0.5) is 11.4 Å². The molecule has 0 aromatic heterocycles. The maximum absolute atomic E-state index is 12.1. The van der Waals surface area contributed by atoms with E-state index in [4.69, 9.17) is 9.47 Å². The second-order valence-electron chi connectivity index (χ2n) is 4.70. The number of carbonyl (C=O) groups is 1. The maximum atomic E-state index is 12.1. The monoisotopic (exact) mass is 323 g/mol. The minimum Gasteiger partial charge on any atom is -0.497 e. The average molecular weight is 323 g/mol. The average Bonchev–Trinajstić information content (AvgIpc) is 2.63. The third-order valence-electron chi connectivity index (χ3n) is 3.18. The number of para-hydroxylation sites is 1. The van der Waals surface area contributed by atoms with Crippen molar-refractivity contribution in [3.63, 3.8) is 0 Å². The van der Waals surface area contributed by atoms with Gasteiger partial charge in [-0.05, 0) is 24.3 Å². The molecule has 0 fully saturated rings. The van der Waals surface area contributed by atoms with Crippen molar-refractivity contribution in [3.05, 3.63) is 60.3 Å². The van der Waals surface area contributed by atoms with Crippen molar-refractivity contribution in [2.45, 2.75) is 0 Å². The van der Waals surface area contributed by atoms with Gasteiger partial charge in [-0.1, -0.05) is 18.2 Å². The Morgan fingerprint density at radius 2 is 1.88 bits per heavy atom. The highest BCUT2D eigenvalue weighted by molar-refractivity contribution is 6.06. The van der Waals surface area contributed by atoms with Gasteiger partial charge >= 0.3 is 0 Å². The van der Waals surface area contributed by atoms with Crippen LogP contribution in [-0.2, 0) is 4.79 Å². The van der Waals surface area contributed by atoms with E-state index in [1.807, 2.05) is 12.1 Å². The van der Waals surface area contributed by atoms with E-state index < -0.39 is 5.91 Å². The van der Waals surface area contributed by atoms with E-state index in [9.17, 15) is 10.1 Å². The van der Waals surface area contributed by atoms with E-state index in [1.54, 1.807) is 49.6 Å². The van der Waals surface area contributed by atoms with Crippen molar-refractivity contribution in [1.82, 2.24) is 0 Å². The summed E-state index contributed by atoms with van der Waals surface area (Å²) in [6, 6.07) is 16.0. The van der Waals surface area contributed by atoms with Gasteiger partial charge in [0.1, 0.15) is 23.1 Å². The number of nitrogens with zero attached hydrogens (tertiary/aromatic N) is 1. The number of methoxy groups -OCH3 is 2. The Morgan fingerprint density at radius 1 is 1.12 bits per heavy atom. The van der Waals surface area contributed by atoms with Crippen LogP contribution in [0.5, 0.6) is 11.5 Å². The van der Waals surface area contributed by atoms with Gasteiger partial charge in [0.25, 0.3) is 5.91 Å². The standard InChI is InChI=1S/C18H17N3O3/c1-23-15-8-9-16(17(10-15)24-2)20-12-13(11-19)18(22)21-14-6-4-3-5-7-14/h3-10,12,20H,1-2H3,(H,21,22). The second kappa shape index (κ2) is 8.25. The minimum absolute atomic E-state index is 0.0586. The zero-order chi connectivity index (χ0) is 17.4. The molecule has 0 aliphatic carbocycles. The highest BCUT2D eigenvalue weighted by atomic mass is 16.5. The summed E-state index contributed by atoms with van der Waals surface area (Å²) in [6.45, 7) is 0. The SMILES string of the molecule is COc1ccc(NC=C(C#N)C(=O)Nc2ccccc2)c(OC)c1. The normalized spacial score (nSPS) is 10.5. The number of hydrogen-bond acceptors (Lipinski definition) is 5. The molecule has 0 atom stereocenters. The zero-order valence-corrected chi connectivity index (χ0v) is 13.4. The van der Waals surface area contributed by atoms with Gasteiger partial charge in [-0.15, -0.1) is 0 Å². The molecule has 2 aromatic rings. The molecule has 24 heavy (non-hydrogen) atoms. The molecule has 0 aliphatic heterocycles. The van der Waals surface area contributed by atoms with E-state index in [2.05, 4.69) is 10.6 Å². The summed E-state index contributed by atoms with van der Waals surface area (Å²) in [6.07, 6.45) is 1.34. The van der Waals surface area contributed by atoms with Gasteiger partial charge in [0.05, 0.1) is 19.9 Å². The first-order valence-electron chi connectivity index (χ1n) is 7.13. The summed E-state index contributed by atoms with van der Waals surface area (Å²) in [7, 11) is 3.08. The van der Waals surface area contributed by atoms with Crippen LogP contribution in [0.1, 0.15) is 0 Å². The summed E-state index contributed by atoms with van der Waals surface area (Å²) < 4.78 is 10.4. The molecule has 0 aliphatic rings. The predicted molar refractivity (Wildman–Crippen MR) is 91.9 cm³/mol. The Hall–Kier alpha value is -3.46. The Bertz CT molecular complexity index is 780. The Labute approximate surface area is 140 Å². The summed E-state index contributed by atoms with van der Waals surface area (Å²) >= 11 is 0. The lowest BCUT2D eigenvalue weighted by atomic mass is 10.2. The molecule has 2 aromatic carbocycles. The third kappa shape index (κ3) is 4.27. The van der Waals surface area contributed by atoms with Crippen LogP contribution in [0.25, 0.3) is 0 Å². The van der Waals surface area contributed by atoms with Gasteiger partial charge in [-0.3, -0.25) is 4.79 Å². The highest BCUT2D eigenvalue weighted by Crippen LogP contribution is 2.29. The number of hydrogen-bond donors (Lipinski definition) is 2. The Morgan fingerprint density at radius 3 is 2.50 bits per heavy atom. The van der Waals surface area contributed by atoms with Crippen LogP contribution in [0.3, 0.4) is 0 Å². The second-order valence-corrected chi connectivity index (χ2v) is 4.70. The van der Waals surface area contributed by atoms with Crippen molar-refractivity contribution in [2.75, 3.05) is 24.9 Å². The fraction of sp³-hybridized carbons (Fsp3) is 0.111. The van der Waals surface area contributed by atoms with E-state index >= 15 is 0 Å². The largest absolute Gasteiger partial charge is 0.497 e. The summed E-state index contributed by atoms with van der Waals surface area (Å²) in [5.41, 5.74) is 1.17. The van der Waals surface area contributed by atoms with Gasteiger partial charge < -0.3 is 20.1 Å². The van der Waals surface area contributed by atoms with Crippen LogP contribution >= 0.6 is 0 Å². The molecule has 0 saturated heterocycles. The Kier molecular flexibility index (Phi) is 5.81. The molecule has 122 valence electrons. The number of ether oxygens (including phenoxy) is 2. The summed E-state index contributed by atoms with van der Waals surface area (Å²) in [5.74, 6) is 0.679. The first-order valence-corrected chi connectivity index (χ1v) is 7.13. The lowest BCUT2D eigenvalue weighted by molar-refractivity contribution is -0.112. The van der Waals surface area contributed by atoms with Crippen LogP contribution in [-0.4, -0.2) is 20.1 Å².